The molecule has 1 N–H and O–H groups in total. The summed E-state index contributed by atoms with van der Waals surface area (Å²) in [6.45, 7) is 3.01. The van der Waals surface area contributed by atoms with Crippen molar-refractivity contribution in [2.75, 3.05) is 5.32 Å². The van der Waals surface area contributed by atoms with Crippen molar-refractivity contribution in [3.05, 3.63) is 42.7 Å². The van der Waals surface area contributed by atoms with Crippen molar-refractivity contribution in [2.45, 2.75) is 19.9 Å². The van der Waals surface area contributed by atoms with Gasteiger partial charge in [0.15, 0.2) is 5.82 Å². The van der Waals surface area contributed by atoms with Crippen LogP contribution < -0.4 is 5.32 Å². The van der Waals surface area contributed by atoms with Crippen molar-refractivity contribution < 1.29 is 0 Å². The van der Waals surface area contributed by atoms with Crippen LogP contribution in [-0.2, 0) is 6.54 Å². The third-order valence-corrected chi connectivity index (χ3v) is 2.86. The predicted molar refractivity (Wildman–Crippen MR) is 75.3 cm³/mol. The highest BCUT2D eigenvalue weighted by Crippen LogP contribution is 2.16. The Morgan fingerprint density at radius 3 is 2.84 bits per heavy atom. The summed E-state index contributed by atoms with van der Waals surface area (Å²) in [5.74, 6) is 1.67. The van der Waals surface area contributed by atoms with Crippen LogP contribution in [0.5, 0.6) is 0 Å². The second-order valence-electron chi connectivity index (χ2n) is 4.31. The summed E-state index contributed by atoms with van der Waals surface area (Å²) in [6, 6.07) is 9.76. The molecule has 0 atom stereocenters. The predicted octanol–water partition coefficient (Wildman–Crippen LogP) is 2.98. The Morgan fingerprint density at radius 1 is 1.16 bits per heavy atom. The second-order valence-corrected chi connectivity index (χ2v) is 4.31. The van der Waals surface area contributed by atoms with Gasteiger partial charge in [-0.25, -0.2) is 9.67 Å². The largest absolute Gasteiger partial charge is 0.324 e. The average Bonchev–Trinajstić information content (AvgIpc) is 2.86. The Kier molecular flexibility index (Phi) is 3.10. The van der Waals surface area contributed by atoms with Crippen molar-refractivity contribution in [1.29, 1.82) is 0 Å². The number of hydrogen-bond acceptors (Lipinski definition) is 4. The van der Waals surface area contributed by atoms with E-state index in [2.05, 4.69) is 27.3 Å². The van der Waals surface area contributed by atoms with E-state index < -0.39 is 0 Å². The minimum Gasteiger partial charge on any atom is -0.324 e. The SMILES string of the molecule is CCCn1nccc1Nc1cnc2ccccc2n1. The molecule has 0 fully saturated rings. The van der Waals surface area contributed by atoms with Crippen LogP contribution in [-0.4, -0.2) is 19.7 Å². The molecule has 0 amide bonds. The number of para-hydroxylation sites is 2. The fourth-order valence-electron chi connectivity index (χ4n) is 1.98. The van der Waals surface area contributed by atoms with Gasteiger partial charge in [-0.2, -0.15) is 5.10 Å². The number of nitrogens with zero attached hydrogens (tertiary/aromatic N) is 4. The van der Waals surface area contributed by atoms with E-state index in [0.717, 1.165) is 35.6 Å². The lowest BCUT2D eigenvalue weighted by Gasteiger charge is -2.08. The van der Waals surface area contributed by atoms with Gasteiger partial charge in [-0.15, -0.1) is 0 Å². The van der Waals surface area contributed by atoms with E-state index in [1.54, 1.807) is 12.4 Å². The Hall–Kier alpha value is -2.43. The number of rotatable bonds is 4. The maximum atomic E-state index is 4.54. The van der Waals surface area contributed by atoms with Crippen LogP contribution >= 0.6 is 0 Å². The minimum atomic E-state index is 0.733. The molecule has 0 aliphatic rings. The molecule has 0 radical (unpaired) electrons. The molecule has 5 nitrogen and oxygen atoms in total. The average molecular weight is 253 g/mol. The molecule has 2 heterocycles. The summed E-state index contributed by atoms with van der Waals surface area (Å²) >= 11 is 0. The molecule has 0 aliphatic carbocycles. The number of aromatic nitrogens is 4. The molecule has 3 aromatic rings. The Balaban J connectivity index is 1.90. The summed E-state index contributed by atoms with van der Waals surface area (Å²) in [5, 5.41) is 7.53. The van der Waals surface area contributed by atoms with Gasteiger partial charge >= 0.3 is 0 Å². The number of benzene rings is 1. The zero-order valence-corrected chi connectivity index (χ0v) is 10.7. The third-order valence-electron chi connectivity index (χ3n) is 2.86. The molecule has 96 valence electrons. The van der Waals surface area contributed by atoms with Crippen molar-refractivity contribution in [3.63, 3.8) is 0 Å². The molecule has 0 saturated carbocycles. The van der Waals surface area contributed by atoms with Gasteiger partial charge in [-0.3, -0.25) is 4.98 Å². The first-order chi connectivity index (χ1) is 9.36. The summed E-state index contributed by atoms with van der Waals surface area (Å²) < 4.78 is 1.93. The van der Waals surface area contributed by atoms with Crippen molar-refractivity contribution in [2.24, 2.45) is 0 Å². The zero-order valence-electron chi connectivity index (χ0n) is 10.7. The van der Waals surface area contributed by atoms with Crippen LogP contribution in [0, 0.1) is 0 Å². The molecule has 19 heavy (non-hydrogen) atoms. The Labute approximate surface area is 111 Å². The van der Waals surface area contributed by atoms with Gasteiger partial charge in [0.1, 0.15) is 5.82 Å². The van der Waals surface area contributed by atoms with Gasteiger partial charge in [0.05, 0.1) is 23.4 Å². The first-order valence-corrected chi connectivity index (χ1v) is 6.37. The molecule has 2 aromatic heterocycles. The Morgan fingerprint density at radius 2 is 2.00 bits per heavy atom. The zero-order chi connectivity index (χ0) is 13.1. The van der Waals surface area contributed by atoms with Crippen LogP contribution in [0.15, 0.2) is 42.7 Å². The molecule has 0 aliphatic heterocycles. The second kappa shape index (κ2) is 5.06. The van der Waals surface area contributed by atoms with Crippen molar-refractivity contribution in [1.82, 2.24) is 19.7 Å². The third kappa shape index (κ3) is 2.40. The number of fused-ring (bicyclic) bond motifs is 1. The highest BCUT2D eigenvalue weighted by atomic mass is 15.3. The number of anilines is 2. The smallest absolute Gasteiger partial charge is 0.150 e. The molecule has 0 saturated heterocycles. The molecule has 0 bridgehead atoms. The molecule has 0 unspecified atom stereocenters. The molecular weight excluding hydrogens is 238 g/mol. The van der Waals surface area contributed by atoms with Gasteiger partial charge in [-0.1, -0.05) is 19.1 Å². The van der Waals surface area contributed by atoms with Crippen LogP contribution in [0.1, 0.15) is 13.3 Å². The minimum absolute atomic E-state index is 0.733. The van der Waals surface area contributed by atoms with Crippen LogP contribution in [0.3, 0.4) is 0 Å². The van der Waals surface area contributed by atoms with Gasteiger partial charge in [-0.05, 0) is 18.6 Å². The van der Waals surface area contributed by atoms with E-state index in [1.165, 1.54) is 0 Å². The first kappa shape index (κ1) is 11.6. The molecule has 0 spiro atoms. The maximum Gasteiger partial charge on any atom is 0.150 e. The van der Waals surface area contributed by atoms with Gasteiger partial charge in [0.2, 0.25) is 0 Å². The normalized spacial score (nSPS) is 10.8. The molecule has 3 rings (SSSR count). The van der Waals surface area contributed by atoms with E-state index in [0.29, 0.717) is 0 Å². The highest BCUT2D eigenvalue weighted by molar-refractivity contribution is 5.75. The number of nitrogens with one attached hydrogen (secondary N) is 1. The lowest BCUT2D eigenvalue weighted by molar-refractivity contribution is 0.610. The van der Waals surface area contributed by atoms with E-state index in [1.807, 2.05) is 35.0 Å². The lowest BCUT2D eigenvalue weighted by atomic mass is 10.3. The fraction of sp³-hybridized carbons (Fsp3) is 0.214. The summed E-state index contributed by atoms with van der Waals surface area (Å²) in [5.41, 5.74) is 1.78. The first-order valence-electron chi connectivity index (χ1n) is 6.37. The van der Waals surface area contributed by atoms with Crippen LogP contribution in [0.25, 0.3) is 11.0 Å². The topological polar surface area (TPSA) is 55.6 Å². The summed E-state index contributed by atoms with van der Waals surface area (Å²) in [6.07, 6.45) is 4.57. The van der Waals surface area contributed by atoms with E-state index in [-0.39, 0.29) is 0 Å². The van der Waals surface area contributed by atoms with Crippen LogP contribution in [0.2, 0.25) is 0 Å². The van der Waals surface area contributed by atoms with E-state index in [9.17, 15) is 0 Å². The Bertz CT molecular complexity index is 689. The van der Waals surface area contributed by atoms with Gasteiger partial charge in [0.25, 0.3) is 0 Å². The van der Waals surface area contributed by atoms with Gasteiger partial charge in [0, 0.05) is 12.6 Å². The number of aryl methyl sites for hydroxylation is 1. The monoisotopic (exact) mass is 253 g/mol. The van der Waals surface area contributed by atoms with Crippen molar-refractivity contribution >= 4 is 22.7 Å². The molecule has 5 heteroatoms. The summed E-state index contributed by atoms with van der Waals surface area (Å²) in [4.78, 5) is 8.92. The van der Waals surface area contributed by atoms with E-state index >= 15 is 0 Å². The number of hydrogen-bond donors (Lipinski definition) is 1. The lowest BCUT2D eigenvalue weighted by Crippen LogP contribution is -2.05. The highest BCUT2D eigenvalue weighted by Gasteiger charge is 2.04. The standard InChI is InChI=1S/C14H15N5/c1-2-9-19-14(7-8-16-19)18-13-10-15-11-5-3-4-6-12(11)17-13/h3-8,10H,2,9H2,1H3,(H,17,18). The molecular formula is C14H15N5. The van der Waals surface area contributed by atoms with Gasteiger partial charge < -0.3 is 5.32 Å². The maximum absolute atomic E-state index is 4.54. The summed E-state index contributed by atoms with van der Waals surface area (Å²) in [7, 11) is 0. The quantitative estimate of drug-likeness (QED) is 0.776. The van der Waals surface area contributed by atoms with Crippen molar-refractivity contribution in [3.8, 4) is 0 Å². The van der Waals surface area contributed by atoms with Crippen LogP contribution in [0.4, 0.5) is 11.6 Å². The molecule has 1 aromatic carbocycles. The van der Waals surface area contributed by atoms with E-state index in [4.69, 9.17) is 0 Å². The fourth-order valence-corrected chi connectivity index (χ4v) is 1.98.